The van der Waals surface area contributed by atoms with E-state index in [-0.39, 0.29) is 6.71 Å². The van der Waals surface area contributed by atoms with Crippen LogP contribution in [0.2, 0.25) is 0 Å². The van der Waals surface area contributed by atoms with Crippen LogP contribution >= 0.6 is 0 Å². The predicted octanol–water partition coefficient (Wildman–Crippen LogP) is 10.7. The summed E-state index contributed by atoms with van der Waals surface area (Å²) in [7, 11) is 0. The van der Waals surface area contributed by atoms with Crippen LogP contribution in [0.25, 0.3) is 71.7 Å². The van der Waals surface area contributed by atoms with Gasteiger partial charge in [0.05, 0.1) is 11.0 Å². The molecule has 4 nitrogen and oxygen atoms in total. The highest BCUT2D eigenvalue weighted by atomic mass is 16.5. The van der Waals surface area contributed by atoms with E-state index >= 15 is 0 Å². The first-order chi connectivity index (χ1) is 26.2. The fourth-order valence-corrected chi connectivity index (χ4v) is 8.69. The number of hydrogen-bond donors (Lipinski definition) is 0. The predicted molar refractivity (Wildman–Crippen MR) is 217 cm³/mol. The van der Waals surface area contributed by atoms with Crippen LogP contribution in [0.15, 0.2) is 174 Å². The lowest BCUT2D eigenvalue weighted by molar-refractivity contribution is 0.465. The molecule has 5 heteroatoms. The van der Waals surface area contributed by atoms with E-state index in [9.17, 15) is 0 Å². The molecule has 0 unspecified atom stereocenters. The van der Waals surface area contributed by atoms with Crippen LogP contribution in [0, 0.1) is 0 Å². The zero-order chi connectivity index (χ0) is 34.6. The lowest BCUT2D eigenvalue weighted by atomic mass is 9.34. The fraction of sp³-hybridized carbons (Fsp3) is 0. The molecule has 8 aromatic carbocycles. The largest absolute Gasteiger partial charge is 0.458 e. The van der Waals surface area contributed by atoms with Crippen molar-refractivity contribution in [2.75, 3.05) is 0 Å². The summed E-state index contributed by atoms with van der Waals surface area (Å²) in [5, 5.41) is 4.55. The van der Waals surface area contributed by atoms with Gasteiger partial charge in [-0.05, 0) is 75.6 Å². The number of benzene rings is 8. The second-order valence-electron chi connectivity index (χ2n) is 14.0. The first-order valence-electron chi connectivity index (χ1n) is 18.0. The summed E-state index contributed by atoms with van der Waals surface area (Å²) < 4.78 is 22.6. The van der Waals surface area contributed by atoms with Gasteiger partial charge in [-0.1, -0.05) is 115 Å². The molecule has 2 aliphatic heterocycles. The Hall–Kier alpha value is -6.98. The lowest BCUT2D eigenvalue weighted by Gasteiger charge is -2.33. The van der Waals surface area contributed by atoms with Gasteiger partial charge in [-0.3, -0.25) is 0 Å². The number of rotatable bonds is 3. The van der Waals surface area contributed by atoms with E-state index < -0.39 is 0 Å². The van der Waals surface area contributed by atoms with Gasteiger partial charge in [-0.2, -0.15) is 0 Å². The molecule has 53 heavy (non-hydrogen) atoms. The molecule has 0 aliphatic carbocycles. The molecule has 0 radical (unpaired) electrons. The zero-order valence-electron chi connectivity index (χ0n) is 28.4. The second kappa shape index (κ2) is 10.8. The minimum absolute atomic E-state index is 0.118. The average molecular weight is 678 g/mol. The molecular weight excluding hydrogens is 649 g/mol. The van der Waals surface area contributed by atoms with E-state index in [1.165, 1.54) is 21.9 Å². The van der Waals surface area contributed by atoms with Gasteiger partial charge >= 0.3 is 0 Å². The van der Waals surface area contributed by atoms with Crippen LogP contribution in [0.4, 0.5) is 0 Å². The van der Waals surface area contributed by atoms with Crippen molar-refractivity contribution in [2.24, 2.45) is 0 Å². The van der Waals surface area contributed by atoms with Crippen molar-refractivity contribution in [1.82, 2.24) is 4.57 Å². The van der Waals surface area contributed by atoms with E-state index in [1.54, 1.807) is 0 Å². The molecule has 10 aromatic rings. The van der Waals surface area contributed by atoms with Crippen LogP contribution in [-0.2, 0) is 0 Å². The van der Waals surface area contributed by atoms with Crippen molar-refractivity contribution in [3.63, 3.8) is 0 Å². The van der Waals surface area contributed by atoms with Crippen molar-refractivity contribution in [3.05, 3.63) is 170 Å². The summed E-state index contributed by atoms with van der Waals surface area (Å²) in [6.45, 7) is -0.118. The quantitative estimate of drug-likeness (QED) is 0.175. The molecule has 0 amide bonds. The van der Waals surface area contributed by atoms with Gasteiger partial charge in [-0.15, -0.1) is 0 Å². The Morgan fingerprint density at radius 2 is 0.981 bits per heavy atom. The monoisotopic (exact) mass is 677 g/mol. The summed E-state index contributed by atoms with van der Waals surface area (Å²) in [6, 6.07) is 60.0. The number of fused-ring (bicyclic) bond motifs is 10. The molecule has 0 saturated heterocycles. The van der Waals surface area contributed by atoms with E-state index in [1.807, 2.05) is 18.2 Å². The van der Waals surface area contributed by atoms with E-state index in [2.05, 4.69) is 156 Å². The van der Waals surface area contributed by atoms with Crippen molar-refractivity contribution in [2.45, 2.75) is 0 Å². The topological polar surface area (TPSA) is 36.5 Å². The molecule has 2 aliphatic rings. The Labute approximate surface area is 305 Å². The molecule has 246 valence electrons. The Morgan fingerprint density at radius 3 is 1.72 bits per heavy atom. The summed E-state index contributed by atoms with van der Waals surface area (Å²) in [4.78, 5) is 0. The van der Waals surface area contributed by atoms with Gasteiger partial charge in [0.2, 0.25) is 0 Å². The molecule has 2 aromatic heterocycles. The van der Waals surface area contributed by atoms with Gasteiger partial charge in [0.15, 0.2) is 0 Å². The lowest BCUT2D eigenvalue weighted by Crippen LogP contribution is -2.57. The molecule has 0 fully saturated rings. The maximum Gasteiger partial charge on any atom is 0.260 e. The third-order valence-corrected chi connectivity index (χ3v) is 11.1. The Morgan fingerprint density at radius 1 is 0.377 bits per heavy atom. The molecule has 4 heterocycles. The summed E-state index contributed by atoms with van der Waals surface area (Å²) in [6.07, 6.45) is 0. The van der Waals surface area contributed by atoms with E-state index in [4.69, 9.17) is 13.9 Å². The fourth-order valence-electron chi connectivity index (χ4n) is 8.69. The average Bonchev–Trinajstić information content (AvgIpc) is 3.74. The Bertz CT molecular complexity index is 3110. The maximum absolute atomic E-state index is 7.02. The van der Waals surface area contributed by atoms with Gasteiger partial charge < -0.3 is 18.5 Å². The number of nitrogens with zero attached hydrogens (tertiary/aromatic N) is 1. The first-order valence-corrected chi connectivity index (χ1v) is 18.0. The molecule has 0 bridgehead atoms. The molecule has 0 atom stereocenters. The standard InChI is InChI=1S/C48H28BNO3/c1-4-12-29(13-5-1)31-20-21-40-35(22-31)36-25-38-44(27-41(36)50(40)33-16-8-3-9-17-33)52-46-23-32(30-14-6-2-7-15-30)24-47-48(46)49(38)39-26-37-34-18-10-11-19-42(34)51-43(37)28-45(39)53-47/h1-28H. The normalized spacial score (nSPS) is 12.8. The Balaban J connectivity index is 1.16. The third kappa shape index (κ3) is 4.19. The van der Waals surface area contributed by atoms with Crippen LogP contribution < -0.4 is 25.9 Å². The number of aromatic nitrogens is 1. The number of furan rings is 1. The molecule has 12 rings (SSSR count). The van der Waals surface area contributed by atoms with Gasteiger partial charge in [-0.25, -0.2) is 0 Å². The summed E-state index contributed by atoms with van der Waals surface area (Å²) in [5.74, 6) is 3.27. The summed E-state index contributed by atoms with van der Waals surface area (Å²) >= 11 is 0. The highest BCUT2D eigenvalue weighted by Crippen LogP contribution is 2.43. The van der Waals surface area contributed by atoms with Crippen molar-refractivity contribution in [3.8, 4) is 50.9 Å². The minimum Gasteiger partial charge on any atom is -0.458 e. The molecule has 0 spiro atoms. The van der Waals surface area contributed by atoms with Crippen LogP contribution in [-0.4, -0.2) is 11.3 Å². The summed E-state index contributed by atoms with van der Waals surface area (Å²) in [5.41, 5.74) is 12.8. The highest BCUT2D eigenvalue weighted by Gasteiger charge is 2.41. The van der Waals surface area contributed by atoms with Gasteiger partial charge in [0.25, 0.3) is 6.71 Å². The second-order valence-corrected chi connectivity index (χ2v) is 14.0. The van der Waals surface area contributed by atoms with Crippen molar-refractivity contribution >= 4 is 66.8 Å². The van der Waals surface area contributed by atoms with Crippen LogP contribution in [0.3, 0.4) is 0 Å². The van der Waals surface area contributed by atoms with Crippen LogP contribution in [0.1, 0.15) is 0 Å². The number of para-hydroxylation sites is 2. The van der Waals surface area contributed by atoms with Crippen LogP contribution in [0.5, 0.6) is 23.0 Å². The minimum atomic E-state index is -0.118. The SMILES string of the molecule is c1ccc(-c2cc3c4c(c2)Oc2cc5c(cc2B4c2cc4c(cc2O3)oc2ccccc24)c2cc(-c3ccccc3)ccc2n5-c2ccccc2)cc1. The maximum atomic E-state index is 7.02. The highest BCUT2D eigenvalue weighted by molar-refractivity contribution is 6.98. The van der Waals surface area contributed by atoms with Gasteiger partial charge in [0, 0.05) is 44.8 Å². The smallest absolute Gasteiger partial charge is 0.260 e. The third-order valence-electron chi connectivity index (χ3n) is 11.1. The molecule has 0 saturated carbocycles. The van der Waals surface area contributed by atoms with Gasteiger partial charge in [0.1, 0.15) is 34.2 Å². The molecule has 0 N–H and O–H groups in total. The first kappa shape index (κ1) is 28.7. The Kier molecular flexibility index (Phi) is 5.83. The van der Waals surface area contributed by atoms with Crippen molar-refractivity contribution in [1.29, 1.82) is 0 Å². The van der Waals surface area contributed by atoms with Crippen molar-refractivity contribution < 1.29 is 13.9 Å². The molecular formula is C48H28BNO3. The number of ether oxygens (including phenoxy) is 2. The zero-order valence-corrected chi connectivity index (χ0v) is 28.4. The number of hydrogen-bond acceptors (Lipinski definition) is 3. The van der Waals surface area contributed by atoms with E-state index in [0.29, 0.717) is 0 Å². The van der Waals surface area contributed by atoms with E-state index in [0.717, 1.165) is 89.2 Å².